The highest BCUT2D eigenvalue weighted by molar-refractivity contribution is 7.95. The molecule has 0 saturated heterocycles. The van der Waals surface area contributed by atoms with E-state index in [9.17, 15) is 30.4 Å². The highest BCUT2D eigenvalue weighted by Crippen LogP contribution is 2.15. The Hall–Kier alpha value is -1.35. The second-order valence-electron chi connectivity index (χ2n) is 4.63. The van der Waals surface area contributed by atoms with E-state index in [4.69, 9.17) is 0 Å². The number of carbonyl (C=O) groups is 1. The molecule has 0 N–H and O–H groups in total. The van der Waals surface area contributed by atoms with E-state index in [1.54, 1.807) is 0 Å². The molecular weight excluding hydrogens is 326 g/mol. The summed E-state index contributed by atoms with van der Waals surface area (Å²) >= 11 is 0. The van der Waals surface area contributed by atoms with Crippen molar-refractivity contribution < 1.29 is 30.4 Å². The van der Waals surface area contributed by atoms with Crippen molar-refractivity contribution in [2.75, 3.05) is 17.8 Å². The van der Waals surface area contributed by atoms with Crippen LogP contribution in [0.1, 0.15) is 17.3 Å². The van der Waals surface area contributed by atoms with Gasteiger partial charge in [-0.05, 0) is 25.1 Å². The first kappa shape index (κ1) is 17.7. The van der Waals surface area contributed by atoms with Crippen LogP contribution in [0.5, 0.6) is 0 Å². The summed E-state index contributed by atoms with van der Waals surface area (Å²) in [6.07, 6.45) is 0.879. The van der Waals surface area contributed by atoms with Gasteiger partial charge in [-0.2, -0.15) is 0 Å². The predicted octanol–water partition coefficient (Wildman–Crippen LogP) is 0.995. The zero-order valence-corrected chi connectivity index (χ0v) is 13.0. The summed E-state index contributed by atoms with van der Waals surface area (Å²) in [4.78, 5) is 12.0. The van der Waals surface area contributed by atoms with Crippen molar-refractivity contribution in [3.05, 3.63) is 35.4 Å². The molecule has 0 aliphatic rings. The quantitative estimate of drug-likeness (QED) is 0.721. The third-order valence-corrected chi connectivity index (χ3v) is 6.12. The molecule has 0 spiro atoms. The minimum atomic E-state index is -4.01. The van der Waals surface area contributed by atoms with E-state index in [0.29, 0.717) is 6.07 Å². The molecule has 1 aromatic rings. The minimum Gasteiger partial charge on any atom is -0.293 e. The van der Waals surface area contributed by atoms with Gasteiger partial charge in [0.05, 0.1) is 11.5 Å². The normalized spacial score (nSPS) is 13.9. The van der Waals surface area contributed by atoms with Gasteiger partial charge in [-0.25, -0.2) is 25.6 Å². The molecule has 0 aliphatic heterocycles. The second-order valence-corrected chi connectivity index (χ2v) is 9.33. The molecule has 0 saturated carbocycles. The van der Waals surface area contributed by atoms with Crippen LogP contribution >= 0.6 is 0 Å². The molecule has 1 rings (SSSR count). The number of hydrogen-bond donors (Lipinski definition) is 0. The van der Waals surface area contributed by atoms with Gasteiger partial charge in [0.15, 0.2) is 27.3 Å². The van der Waals surface area contributed by atoms with Gasteiger partial charge in [-0.1, -0.05) is 0 Å². The number of ketones is 1. The van der Waals surface area contributed by atoms with E-state index in [0.717, 1.165) is 25.3 Å². The van der Waals surface area contributed by atoms with Crippen molar-refractivity contribution in [1.29, 1.82) is 0 Å². The van der Waals surface area contributed by atoms with E-state index in [1.165, 1.54) is 0 Å². The lowest BCUT2D eigenvalue weighted by atomic mass is 10.1. The van der Waals surface area contributed by atoms with Crippen molar-refractivity contribution >= 4 is 25.5 Å². The first-order chi connectivity index (χ1) is 9.44. The molecule has 1 unspecified atom stereocenters. The Morgan fingerprint density at radius 2 is 1.67 bits per heavy atom. The van der Waals surface area contributed by atoms with E-state index in [-0.39, 0.29) is 5.56 Å². The molecule has 5 nitrogen and oxygen atoms in total. The number of sulfone groups is 2. The molecule has 0 bridgehead atoms. The van der Waals surface area contributed by atoms with Crippen molar-refractivity contribution in [3.63, 3.8) is 0 Å². The van der Waals surface area contributed by atoms with Crippen LogP contribution < -0.4 is 0 Å². The van der Waals surface area contributed by atoms with Crippen LogP contribution in [0.15, 0.2) is 18.2 Å². The maximum absolute atomic E-state index is 13.0. The fraction of sp³-hybridized carbons (Fsp3) is 0.417. The summed E-state index contributed by atoms with van der Waals surface area (Å²) in [6, 6.07) is 2.31. The smallest absolute Gasteiger partial charge is 0.180 e. The van der Waals surface area contributed by atoms with Gasteiger partial charge < -0.3 is 0 Å². The first-order valence-electron chi connectivity index (χ1n) is 5.82. The van der Waals surface area contributed by atoms with Crippen LogP contribution in [-0.4, -0.2) is 45.6 Å². The number of hydrogen-bond acceptors (Lipinski definition) is 5. The lowest BCUT2D eigenvalue weighted by Crippen LogP contribution is -2.32. The van der Waals surface area contributed by atoms with Crippen LogP contribution in [0, 0.1) is 11.6 Å². The fourth-order valence-corrected chi connectivity index (χ4v) is 4.45. The van der Waals surface area contributed by atoms with Gasteiger partial charge >= 0.3 is 0 Å². The predicted molar refractivity (Wildman–Crippen MR) is 73.6 cm³/mol. The minimum absolute atomic E-state index is 0.288. The zero-order valence-electron chi connectivity index (χ0n) is 11.3. The van der Waals surface area contributed by atoms with Crippen molar-refractivity contribution in [1.82, 2.24) is 0 Å². The maximum Gasteiger partial charge on any atom is 0.180 e. The van der Waals surface area contributed by atoms with Gasteiger partial charge in [-0.15, -0.1) is 0 Å². The SMILES string of the molecule is CC(C(=O)c1ccc(F)c(F)c1)S(=O)(=O)CCS(C)(=O)=O. The Bertz CT molecular complexity index is 754. The molecule has 0 fully saturated rings. The summed E-state index contributed by atoms with van der Waals surface area (Å²) in [7, 11) is -7.50. The third kappa shape index (κ3) is 4.85. The molecule has 0 aromatic heterocycles. The highest BCUT2D eigenvalue weighted by Gasteiger charge is 2.30. The molecule has 118 valence electrons. The lowest BCUT2D eigenvalue weighted by Gasteiger charge is -2.12. The molecule has 0 heterocycles. The number of rotatable bonds is 6. The molecule has 9 heteroatoms. The Morgan fingerprint density at radius 1 is 1.10 bits per heavy atom. The van der Waals surface area contributed by atoms with Crippen LogP contribution in [-0.2, 0) is 19.7 Å². The Labute approximate surface area is 121 Å². The summed E-state index contributed by atoms with van der Waals surface area (Å²) in [5.74, 6) is -4.64. The highest BCUT2D eigenvalue weighted by atomic mass is 32.2. The standard InChI is InChI=1S/C12H14F2O5S2/c1-8(21(18,19)6-5-20(2,16)17)12(15)9-3-4-10(13)11(14)7-9/h3-4,7-8H,5-6H2,1-2H3. The van der Waals surface area contributed by atoms with E-state index >= 15 is 0 Å². The summed E-state index contributed by atoms with van der Waals surface area (Å²) in [6.45, 7) is 1.08. The second kappa shape index (κ2) is 6.18. The van der Waals surface area contributed by atoms with E-state index in [1.807, 2.05) is 0 Å². The van der Waals surface area contributed by atoms with Gasteiger partial charge in [0, 0.05) is 11.8 Å². The lowest BCUT2D eigenvalue weighted by molar-refractivity contribution is 0.0991. The zero-order chi connectivity index (χ0) is 16.4. The molecule has 1 aromatic carbocycles. The Balaban J connectivity index is 2.98. The van der Waals surface area contributed by atoms with Gasteiger partial charge in [0.2, 0.25) is 0 Å². The Kier molecular flexibility index (Phi) is 5.21. The number of benzene rings is 1. The summed E-state index contributed by atoms with van der Waals surface area (Å²) < 4.78 is 71.6. The topological polar surface area (TPSA) is 85.3 Å². The van der Waals surface area contributed by atoms with Crippen molar-refractivity contribution in [2.45, 2.75) is 12.2 Å². The van der Waals surface area contributed by atoms with Crippen LogP contribution in [0.25, 0.3) is 0 Å². The van der Waals surface area contributed by atoms with Crippen molar-refractivity contribution in [3.8, 4) is 0 Å². The molecule has 0 radical (unpaired) electrons. The Morgan fingerprint density at radius 3 is 2.14 bits per heavy atom. The molecule has 0 amide bonds. The van der Waals surface area contributed by atoms with Crippen LogP contribution in [0.4, 0.5) is 8.78 Å². The van der Waals surface area contributed by atoms with E-state index in [2.05, 4.69) is 0 Å². The van der Waals surface area contributed by atoms with E-state index < -0.39 is 53.8 Å². The molecule has 21 heavy (non-hydrogen) atoms. The average Bonchev–Trinajstić information content (AvgIpc) is 2.37. The van der Waals surface area contributed by atoms with Gasteiger partial charge in [0.25, 0.3) is 0 Å². The molecular formula is C12H14F2O5S2. The molecule has 0 aliphatic carbocycles. The first-order valence-corrected chi connectivity index (χ1v) is 9.60. The number of Topliss-reactive ketones (excluding diaryl/α,β-unsaturated/α-hetero) is 1. The summed E-state index contributed by atoms with van der Waals surface area (Å²) in [5, 5.41) is -1.54. The monoisotopic (exact) mass is 340 g/mol. The van der Waals surface area contributed by atoms with Crippen molar-refractivity contribution in [2.24, 2.45) is 0 Å². The fourth-order valence-electron chi connectivity index (χ4n) is 1.49. The number of halogens is 2. The van der Waals surface area contributed by atoms with Crippen LogP contribution in [0.3, 0.4) is 0 Å². The maximum atomic E-state index is 13.0. The molecule has 1 atom stereocenters. The third-order valence-electron chi connectivity index (χ3n) is 2.85. The summed E-state index contributed by atoms with van der Waals surface area (Å²) in [5.41, 5.74) is -0.288. The van der Waals surface area contributed by atoms with Crippen LogP contribution in [0.2, 0.25) is 0 Å². The number of carbonyl (C=O) groups excluding carboxylic acids is 1. The largest absolute Gasteiger partial charge is 0.293 e. The average molecular weight is 340 g/mol. The van der Waals surface area contributed by atoms with Gasteiger partial charge in [0.1, 0.15) is 15.1 Å². The van der Waals surface area contributed by atoms with Gasteiger partial charge in [-0.3, -0.25) is 4.79 Å².